The van der Waals surface area contributed by atoms with Gasteiger partial charge in [0, 0.05) is 0 Å². The fraction of sp³-hybridized carbons (Fsp3) is 0.0667. The van der Waals surface area contributed by atoms with E-state index < -0.39 is 11.8 Å². The largest absolute Gasteiger partial charge is 0.478 e. The van der Waals surface area contributed by atoms with Gasteiger partial charge >= 0.3 is 5.97 Å². The zero-order valence-corrected chi connectivity index (χ0v) is 11.7. The maximum absolute atomic E-state index is 13.5. The lowest BCUT2D eigenvalue weighted by Crippen LogP contribution is -2.04. The van der Waals surface area contributed by atoms with E-state index in [4.69, 9.17) is 11.6 Å². The topological polar surface area (TPSA) is 55.1 Å². The molecule has 1 aromatic heterocycles. The zero-order chi connectivity index (χ0) is 15.1. The molecule has 0 amide bonds. The summed E-state index contributed by atoms with van der Waals surface area (Å²) < 4.78 is 15.1. The fourth-order valence-corrected chi connectivity index (χ4v) is 2.57. The van der Waals surface area contributed by atoms with Crippen molar-refractivity contribution >= 4 is 28.6 Å². The number of nitrogens with zero attached hydrogens (tertiary/aromatic N) is 2. The van der Waals surface area contributed by atoms with Gasteiger partial charge in [0.15, 0.2) is 0 Å². The first-order valence-electron chi connectivity index (χ1n) is 6.16. The molecule has 106 valence electrons. The highest BCUT2D eigenvalue weighted by Gasteiger charge is 2.18. The summed E-state index contributed by atoms with van der Waals surface area (Å²) in [6.45, 7) is 1.72. The van der Waals surface area contributed by atoms with Gasteiger partial charge in [-0.2, -0.15) is 0 Å². The molecule has 0 spiro atoms. The predicted molar refractivity (Wildman–Crippen MR) is 77.7 cm³/mol. The van der Waals surface area contributed by atoms with Crippen LogP contribution < -0.4 is 0 Å². The average molecular weight is 305 g/mol. The third-order valence-electron chi connectivity index (χ3n) is 3.22. The van der Waals surface area contributed by atoms with E-state index in [1.165, 1.54) is 24.3 Å². The number of para-hydroxylation sites is 1. The number of carboxylic acid groups (broad SMARTS) is 1. The van der Waals surface area contributed by atoms with E-state index in [0.29, 0.717) is 27.6 Å². The molecule has 0 saturated heterocycles. The molecule has 0 saturated carbocycles. The highest BCUT2D eigenvalue weighted by molar-refractivity contribution is 6.32. The van der Waals surface area contributed by atoms with Crippen molar-refractivity contribution in [1.29, 1.82) is 0 Å². The summed E-state index contributed by atoms with van der Waals surface area (Å²) in [4.78, 5) is 15.7. The van der Waals surface area contributed by atoms with Crippen molar-refractivity contribution in [3.63, 3.8) is 0 Å². The number of aryl methyl sites for hydroxylation is 1. The molecular weight excluding hydrogens is 295 g/mol. The Morgan fingerprint density at radius 1 is 1.33 bits per heavy atom. The van der Waals surface area contributed by atoms with E-state index in [0.717, 1.165) is 0 Å². The predicted octanol–water partition coefficient (Wildman–Crippen LogP) is 3.82. The van der Waals surface area contributed by atoms with Crippen molar-refractivity contribution in [2.24, 2.45) is 0 Å². The molecular formula is C15H10ClFN2O2. The van der Waals surface area contributed by atoms with Crippen LogP contribution in [0.2, 0.25) is 5.02 Å². The van der Waals surface area contributed by atoms with Crippen molar-refractivity contribution in [2.75, 3.05) is 0 Å². The molecule has 3 rings (SSSR count). The summed E-state index contributed by atoms with van der Waals surface area (Å²) >= 11 is 6.13. The maximum Gasteiger partial charge on any atom is 0.337 e. The molecule has 0 aliphatic rings. The molecule has 0 atom stereocenters. The van der Waals surface area contributed by atoms with E-state index in [2.05, 4.69) is 4.98 Å². The summed E-state index contributed by atoms with van der Waals surface area (Å²) in [6.07, 6.45) is 0. The van der Waals surface area contributed by atoms with Crippen molar-refractivity contribution in [3.05, 3.63) is 58.6 Å². The summed E-state index contributed by atoms with van der Waals surface area (Å²) in [5.74, 6) is -0.996. The molecule has 21 heavy (non-hydrogen) atoms. The van der Waals surface area contributed by atoms with Crippen LogP contribution in [-0.2, 0) is 0 Å². The zero-order valence-electron chi connectivity index (χ0n) is 11.0. The first-order chi connectivity index (χ1) is 9.99. The Labute approximate surface area is 124 Å². The average Bonchev–Trinajstić information content (AvgIpc) is 2.77. The molecule has 0 aliphatic heterocycles. The molecule has 4 nitrogen and oxygen atoms in total. The van der Waals surface area contributed by atoms with Crippen LogP contribution in [0, 0.1) is 12.7 Å². The number of benzene rings is 2. The Balaban J connectivity index is 2.44. The van der Waals surface area contributed by atoms with Crippen LogP contribution >= 0.6 is 11.6 Å². The number of imidazole rings is 1. The van der Waals surface area contributed by atoms with Gasteiger partial charge in [-0.1, -0.05) is 17.7 Å². The molecule has 0 radical (unpaired) electrons. The second kappa shape index (κ2) is 4.86. The lowest BCUT2D eigenvalue weighted by molar-refractivity contribution is 0.0698. The van der Waals surface area contributed by atoms with Gasteiger partial charge in [-0.3, -0.25) is 4.57 Å². The van der Waals surface area contributed by atoms with Crippen LogP contribution in [0.4, 0.5) is 4.39 Å². The minimum atomic E-state index is -1.07. The Morgan fingerprint density at radius 3 is 2.81 bits per heavy atom. The monoisotopic (exact) mass is 304 g/mol. The van der Waals surface area contributed by atoms with Gasteiger partial charge in [0.2, 0.25) is 0 Å². The number of rotatable bonds is 2. The van der Waals surface area contributed by atoms with Crippen molar-refractivity contribution in [1.82, 2.24) is 9.55 Å². The Hall–Kier alpha value is -2.40. The number of hydrogen-bond donors (Lipinski definition) is 1. The van der Waals surface area contributed by atoms with Gasteiger partial charge in [0.25, 0.3) is 0 Å². The number of halogens is 2. The van der Waals surface area contributed by atoms with E-state index in [1.54, 1.807) is 23.6 Å². The lowest BCUT2D eigenvalue weighted by Gasteiger charge is -2.10. The van der Waals surface area contributed by atoms with E-state index >= 15 is 0 Å². The third kappa shape index (κ3) is 2.15. The van der Waals surface area contributed by atoms with Crippen molar-refractivity contribution in [3.8, 4) is 5.69 Å². The minimum absolute atomic E-state index is 0.0911. The number of aromatic nitrogens is 2. The van der Waals surface area contributed by atoms with Gasteiger partial charge < -0.3 is 5.11 Å². The summed E-state index contributed by atoms with van der Waals surface area (Å²) in [7, 11) is 0. The quantitative estimate of drug-likeness (QED) is 0.783. The fourth-order valence-electron chi connectivity index (χ4n) is 2.37. The van der Waals surface area contributed by atoms with Crippen LogP contribution in [-0.4, -0.2) is 20.6 Å². The number of carboxylic acids is 1. The lowest BCUT2D eigenvalue weighted by atomic mass is 10.1. The Morgan fingerprint density at radius 2 is 2.10 bits per heavy atom. The molecule has 6 heteroatoms. The molecule has 0 unspecified atom stereocenters. The molecule has 1 heterocycles. The van der Waals surface area contributed by atoms with Crippen LogP contribution in [0.3, 0.4) is 0 Å². The smallest absolute Gasteiger partial charge is 0.337 e. The number of aromatic carboxylic acids is 1. The van der Waals surface area contributed by atoms with Crippen LogP contribution in [0.5, 0.6) is 0 Å². The van der Waals surface area contributed by atoms with E-state index in [1.807, 2.05) is 0 Å². The van der Waals surface area contributed by atoms with Crippen LogP contribution in [0.15, 0.2) is 36.4 Å². The van der Waals surface area contributed by atoms with Crippen molar-refractivity contribution in [2.45, 2.75) is 6.92 Å². The Bertz CT molecular complexity index is 873. The van der Waals surface area contributed by atoms with Gasteiger partial charge in [-0.15, -0.1) is 0 Å². The summed E-state index contributed by atoms with van der Waals surface area (Å²) in [6, 6.07) is 8.75. The minimum Gasteiger partial charge on any atom is -0.478 e. The number of fused-ring (bicyclic) bond motifs is 1. The maximum atomic E-state index is 13.5. The highest BCUT2D eigenvalue weighted by atomic mass is 35.5. The standard InChI is InChI=1S/C15H10ClFN2O2/c1-8-18-12-4-2-3-10(15(20)21)14(12)19(8)13-7-9(17)5-6-11(13)16/h2-7H,1H3,(H,20,21). The van der Waals surface area contributed by atoms with Gasteiger partial charge in [-0.25, -0.2) is 14.2 Å². The molecule has 0 aliphatic carbocycles. The second-order valence-electron chi connectivity index (χ2n) is 4.57. The normalized spacial score (nSPS) is 11.0. The Kier molecular flexibility index (Phi) is 3.14. The van der Waals surface area contributed by atoms with Gasteiger partial charge in [0.05, 0.1) is 27.3 Å². The molecule has 0 bridgehead atoms. The second-order valence-corrected chi connectivity index (χ2v) is 4.98. The van der Waals surface area contributed by atoms with E-state index in [9.17, 15) is 14.3 Å². The first-order valence-corrected chi connectivity index (χ1v) is 6.53. The highest BCUT2D eigenvalue weighted by Crippen LogP contribution is 2.29. The van der Waals surface area contributed by atoms with Gasteiger partial charge in [-0.05, 0) is 37.3 Å². The van der Waals surface area contributed by atoms with Crippen LogP contribution in [0.25, 0.3) is 16.7 Å². The number of hydrogen-bond acceptors (Lipinski definition) is 2. The van der Waals surface area contributed by atoms with Crippen molar-refractivity contribution < 1.29 is 14.3 Å². The SMILES string of the molecule is Cc1nc2cccc(C(=O)O)c2n1-c1cc(F)ccc1Cl. The first kappa shape index (κ1) is 13.6. The summed E-state index contributed by atoms with van der Waals surface area (Å²) in [5.41, 5.74) is 1.38. The van der Waals surface area contributed by atoms with Crippen LogP contribution in [0.1, 0.15) is 16.2 Å². The molecule has 0 fully saturated rings. The molecule has 1 N–H and O–H groups in total. The van der Waals surface area contributed by atoms with Gasteiger partial charge in [0.1, 0.15) is 11.6 Å². The third-order valence-corrected chi connectivity index (χ3v) is 3.54. The molecule has 2 aromatic carbocycles. The summed E-state index contributed by atoms with van der Waals surface area (Å²) in [5, 5.41) is 9.66. The molecule has 3 aromatic rings. The van der Waals surface area contributed by atoms with E-state index in [-0.39, 0.29) is 5.56 Å². The number of carbonyl (C=O) groups is 1.